The van der Waals surface area contributed by atoms with E-state index in [0.29, 0.717) is 47.5 Å². The molecule has 0 unspecified atom stereocenters. The number of rotatable bonds is 5. The summed E-state index contributed by atoms with van der Waals surface area (Å²) < 4.78 is 4.75. The van der Waals surface area contributed by atoms with E-state index in [0.717, 1.165) is 5.56 Å². The van der Waals surface area contributed by atoms with Crippen molar-refractivity contribution in [3.63, 3.8) is 0 Å². The summed E-state index contributed by atoms with van der Waals surface area (Å²) in [5.74, 6) is 0.799. The van der Waals surface area contributed by atoms with Crippen molar-refractivity contribution in [1.82, 2.24) is 4.90 Å². The van der Waals surface area contributed by atoms with Gasteiger partial charge in [0.1, 0.15) is 0 Å². The molecule has 2 rings (SSSR count). The highest BCUT2D eigenvalue weighted by atomic mass is 35.5. The third-order valence-electron chi connectivity index (χ3n) is 3.92. The minimum Gasteiger partial charge on any atom is -0.469 e. The van der Waals surface area contributed by atoms with E-state index < -0.39 is 0 Å². The minimum atomic E-state index is -0.181. The molecule has 1 saturated heterocycles. The lowest BCUT2D eigenvalue weighted by Gasteiger charge is -2.30. The van der Waals surface area contributed by atoms with Crippen LogP contribution in [0, 0.1) is 5.92 Å². The fourth-order valence-electron chi connectivity index (χ4n) is 2.53. The molecule has 1 aliphatic rings. The standard InChI is InChI=1S/C16H19Cl2NO3S/c1-22-16(21)11-5-7-19(8-6-11)15(20)10-23-9-12-13(17)3-2-4-14(12)18/h2-4,11H,5-10H2,1H3. The Morgan fingerprint density at radius 3 is 2.43 bits per heavy atom. The molecule has 23 heavy (non-hydrogen) atoms. The molecule has 0 atom stereocenters. The number of thioether (sulfide) groups is 1. The Morgan fingerprint density at radius 2 is 1.87 bits per heavy atom. The van der Waals surface area contributed by atoms with E-state index in [-0.39, 0.29) is 17.8 Å². The Morgan fingerprint density at radius 1 is 1.26 bits per heavy atom. The molecule has 0 saturated carbocycles. The molecule has 1 fully saturated rings. The Labute approximate surface area is 150 Å². The average Bonchev–Trinajstić information content (AvgIpc) is 2.56. The largest absolute Gasteiger partial charge is 0.469 e. The first-order valence-corrected chi connectivity index (χ1v) is 9.30. The van der Waals surface area contributed by atoms with Gasteiger partial charge < -0.3 is 9.64 Å². The number of benzene rings is 1. The maximum atomic E-state index is 12.2. The maximum Gasteiger partial charge on any atom is 0.308 e. The second-order valence-corrected chi connectivity index (χ2v) is 7.17. The number of carbonyl (C=O) groups is 2. The third kappa shape index (κ3) is 5.03. The number of carbonyl (C=O) groups excluding carboxylic acids is 2. The molecule has 0 bridgehead atoms. The lowest BCUT2D eigenvalue weighted by Crippen LogP contribution is -2.41. The quantitative estimate of drug-likeness (QED) is 0.737. The van der Waals surface area contributed by atoms with Crippen LogP contribution in [0.25, 0.3) is 0 Å². The lowest BCUT2D eigenvalue weighted by atomic mass is 9.97. The van der Waals surface area contributed by atoms with Crippen molar-refractivity contribution in [2.75, 3.05) is 26.0 Å². The summed E-state index contributed by atoms with van der Waals surface area (Å²) in [6.07, 6.45) is 1.33. The molecule has 7 heteroatoms. The van der Waals surface area contributed by atoms with Crippen molar-refractivity contribution in [3.05, 3.63) is 33.8 Å². The van der Waals surface area contributed by atoms with E-state index in [1.165, 1.54) is 18.9 Å². The first kappa shape index (κ1) is 18.4. The first-order valence-electron chi connectivity index (χ1n) is 7.39. The summed E-state index contributed by atoms with van der Waals surface area (Å²) in [6, 6.07) is 5.39. The molecule has 0 N–H and O–H groups in total. The van der Waals surface area contributed by atoms with E-state index in [4.69, 9.17) is 27.9 Å². The Bertz CT molecular complexity index is 554. The zero-order chi connectivity index (χ0) is 16.8. The molecule has 1 aromatic carbocycles. The van der Waals surface area contributed by atoms with Crippen LogP contribution in [0.5, 0.6) is 0 Å². The van der Waals surface area contributed by atoms with Crippen LogP contribution in [-0.4, -0.2) is 42.7 Å². The van der Waals surface area contributed by atoms with Crippen molar-refractivity contribution in [2.45, 2.75) is 18.6 Å². The molecule has 126 valence electrons. The number of methoxy groups -OCH3 is 1. The zero-order valence-corrected chi connectivity index (χ0v) is 15.2. The van der Waals surface area contributed by atoms with Crippen molar-refractivity contribution in [3.8, 4) is 0 Å². The van der Waals surface area contributed by atoms with E-state index in [2.05, 4.69) is 0 Å². The van der Waals surface area contributed by atoms with Crippen LogP contribution in [0.15, 0.2) is 18.2 Å². The number of hydrogen-bond donors (Lipinski definition) is 0. The Kier molecular flexibility index (Phi) is 7.06. The number of ether oxygens (including phenoxy) is 1. The van der Waals surface area contributed by atoms with Crippen LogP contribution in [0.2, 0.25) is 10.0 Å². The average molecular weight is 376 g/mol. The number of nitrogens with zero attached hydrogens (tertiary/aromatic N) is 1. The molecule has 1 heterocycles. The van der Waals surface area contributed by atoms with Crippen LogP contribution in [0.3, 0.4) is 0 Å². The summed E-state index contributed by atoms with van der Waals surface area (Å²) in [7, 11) is 1.40. The van der Waals surface area contributed by atoms with Gasteiger partial charge in [0.15, 0.2) is 0 Å². The van der Waals surface area contributed by atoms with Crippen LogP contribution in [0.4, 0.5) is 0 Å². The highest BCUT2D eigenvalue weighted by Crippen LogP contribution is 2.28. The smallest absolute Gasteiger partial charge is 0.308 e. The van der Waals surface area contributed by atoms with Crippen LogP contribution in [0.1, 0.15) is 18.4 Å². The van der Waals surface area contributed by atoms with E-state index in [1.807, 2.05) is 0 Å². The summed E-state index contributed by atoms with van der Waals surface area (Å²) >= 11 is 13.7. The topological polar surface area (TPSA) is 46.6 Å². The van der Waals surface area contributed by atoms with Crippen molar-refractivity contribution < 1.29 is 14.3 Å². The summed E-state index contributed by atoms with van der Waals surface area (Å²) in [5, 5.41) is 1.24. The SMILES string of the molecule is COC(=O)C1CCN(C(=O)CSCc2c(Cl)cccc2Cl)CC1. The molecule has 0 aromatic heterocycles. The number of amides is 1. The van der Waals surface area contributed by atoms with Gasteiger partial charge in [0, 0.05) is 28.9 Å². The van der Waals surface area contributed by atoms with Gasteiger partial charge in [0.25, 0.3) is 0 Å². The molecule has 1 aliphatic heterocycles. The van der Waals surface area contributed by atoms with Gasteiger partial charge in [-0.2, -0.15) is 0 Å². The second kappa shape index (κ2) is 8.81. The molecular formula is C16H19Cl2NO3S. The Hall–Kier alpha value is -0.910. The fourth-order valence-corrected chi connectivity index (χ4v) is 4.20. The minimum absolute atomic E-state index is 0.0846. The summed E-state index contributed by atoms with van der Waals surface area (Å²) in [6.45, 7) is 1.21. The number of esters is 1. The number of likely N-dealkylation sites (tertiary alicyclic amines) is 1. The summed E-state index contributed by atoms with van der Waals surface area (Å²) in [4.78, 5) is 25.5. The van der Waals surface area contributed by atoms with Crippen LogP contribution < -0.4 is 0 Å². The summed E-state index contributed by atoms with van der Waals surface area (Å²) in [5.41, 5.74) is 0.859. The maximum absolute atomic E-state index is 12.2. The normalized spacial score (nSPS) is 15.5. The monoisotopic (exact) mass is 375 g/mol. The zero-order valence-electron chi connectivity index (χ0n) is 12.9. The van der Waals surface area contributed by atoms with E-state index in [9.17, 15) is 9.59 Å². The van der Waals surface area contributed by atoms with Gasteiger partial charge in [-0.05, 0) is 30.5 Å². The second-order valence-electron chi connectivity index (χ2n) is 5.37. The number of halogens is 2. The predicted molar refractivity (Wildman–Crippen MR) is 93.9 cm³/mol. The van der Waals surface area contributed by atoms with Crippen molar-refractivity contribution >= 4 is 46.8 Å². The Balaban J connectivity index is 1.77. The molecule has 0 aliphatic carbocycles. The molecule has 0 spiro atoms. The first-order chi connectivity index (χ1) is 11.0. The number of piperidine rings is 1. The third-order valence-corrected chi connectivity index (χ3v) is 5.57. The fraction of sp³-hybridized carbons (Fsp3) is 0.500. The number of hydrogen-bond acceptors (Lipinski definition) is 4. The van der Waals surface area contributed by atoms with Crippen LogP contribution in [-0.2, 0) is 20.1 Å². The van der Waals surface area contributed by atoms with Gasteiger partial charge in [-0.15, -0.1) is 11.8 Å². The molecule has 1 amide bonds. The van der Waals surface area contributed by atoms with Gasteiger partial charge in [-0.1, -0.05) is 29.3 Å². The van der Waals surface area contributed by atoms with Gasteiger partial charge in [0.2, 0.25) is 5.91 Å². The van der Waals surface area contributed by atoms with E-state index >= 15 is 0 Å². The predicted octanol–water partition coefficient (Wildman–Crippen LogP) is 3.64. The molecule has 0 radical (unpaired) electrons. The van der Waals surface area contributed by atoms with Gasteiger partial charge in [-0.25, -0.2) is 0 Å². The molecule has 1 aromatic rings. The van der Waals surface area contributed by atoms with Gasteiger partial charge in [-0.3, -0.25) is 9.59 Å². The molecular weight excluding hydrogens is 357 g/mol. The lowest BCUT2D eigenvalue weighted by molar-refractivity contribution is -0.148. The van der Waals surface area contributed by atoms with Crippen molar-refractivity contribution in [2.24, 2.45) is 5.92 Å². The van der Waals surface area contributed by atoms with Gasteiger partial charge >= 0.3 is 5.97 Å². The highest BCUT2D eigenvalue weighted by molar-refractivity contribution is 7.99. The van der Waals surface area contributed by atoms with Crippen molar-refractivity contribution in [1.29, 1.82) is 0 Å². The van der Waals surface area contributed by atoms with Crippen LogP contribution >= 0.6 is 35.0 Å². The van der Waals surface area contributed by atoms with E-state index in [1.54, 1.807) is 23.1 Å². The molecule has 4 nitrogen and oxygen atoms in total. The van der Waals surface area contributed by atoms with Gasteiger partial charge in [0.05, 0.1) is 18.8 Å². The highest BCUT2D eigenvalue weighted by Gasteiger charge is 2.27.